The smallest absolute Gasteiger partial charge is 0.220 e. The molecule has 1 aromatic carbocycles. The average Bonchev–Trinajstić information content (AvgIpc) is 3.16. The molecule has 7 nitrogen and oxygen atoms in total. The number of hydrogen-bond acceptors (Lipinski definition) is 6. The van der Waals surface area contributed by atoms with Crippen LogP contribution < -0.4 is 10.1 Å². The fraction of sp³-hybridized carbons (Fsp3) is 0.520. The van der Waals surface area contributed by atoms with Gasteiger partial charge in [-0.15, -0.1) is 0 Å². The molecule has 0 heterocycles. The molecular formula is C25H35NO6. The van der Waals surface area contributed by atoms with Crippen molar-refractivity contribution < 1.29 is 29.6 Å². The summed E-state index contributed by atoms with van der Waals surface area (Å²) in [5.41, 5.74) is 0. The van der Waals surface area contributed by atoms with E-state index in [-0.39, 0.29) is 43.3 Å². The predicted octanol–water partition coefficient (Wildman–Crippen LogP) is 2.16. The Morgan fingerprint density at radius 2 is 1.81 bits per heavy atom. The molecule has 0 fully saturated rings. The van der Waals surface area contributed by atoms with E-state index in [1.807, 2.05) is 36.4 Å². The highest BCUT2D eigenvalue weighted by Gasteiger charge is 2.27. The van der Waals surface area contributed by atoms with Crippen LogP contribution in [-0.2, 0) is 9.59 Å². The van der Waals surface area contributed by atoms with E-state index >= 15 is 0 Å². The molecule has 1 amide bonds. The number of amides is 1. The molecule has 32 heavy (non-hydrogen) atoms. The van der Waals surface area contributed by atoms with Gasteiger partial charge in [-0.1, -0.05) is 55.7 Å². The average molecular weight is 446 g/mol. The Balaban J connectivity index is 1.64. The van der Waals surface area contributed by atoms with E-state index in [1.54, 1.807) is 18.2 Å². The zero-order chi connectivity index (χ0) is 23.2. The third-order valence-corrected chi connectivity index (χ3v) is 5.50. The first-order valence-corrected chi connectivity index (χ1v) is 11.3. The number of aliphatic hydroxyl groups excluding tert-OH is 3. The Morgan fingerprint density at radius 1 is 1.09 bits per heavy atom. The normalized spacial score (nSPS) is 19.1. The molecule has 2 rings (SSSR count). The van der Waals surface area contributed by atoms with Gasteiger partial charge in [-0.25, -0.2) is 0 Å². The number of allylic oxidation sites excluding steroid dienone is 3. The fourth-order valence-corrected chi connectivity index (χ4v) is 3.64. The number of ketones is 1. The Hall–Kier alpha value is -2.48. The van der Waals surface area contributed by atoms with Gasteiger partial charge in [0.05, 0.1) is 19.3 Å². The predicted molar refractivity (Wildman–Crippen MR) is 122 cm³/mol. The van der Waals surface area contributed by atoms with Crippen LogP contribution in [-0.4, -0.2) is 59.0 Å². The molecule has 4 N–H and O–H groups in total. The lowest BCUT2D eigenvalue weighted by molar-refractivity contribution is -0.122. The van der Waals surface area contributed by atoms with Crippen LogP contribution in [0.1, 0.15) is 38.5 Å². The Kier molecular flexibility index (Phi) is 11.7. The fourth-order valence-electron chi connectivity index (χ4n) is 3.64. The van der Waals surface area contributed by atoms with Crippen LogP contribution in [0.4, 0.5) is 0 Å². The number of para-hydroxylation sites is 1. The summed E-state index contributed by atoms with van der Waals surface area (Å²) in [5.74, 6) is 0.458. The minimum absolute atomic E-state index is 0.0569. The van der Waals surface area contributed by atoms with Crippen molar-refractivity contribution in [2.24, 2.45) is 11.8 Å². The summed E-state index contributed by atoms with van der Waals surface area (Å²) in [6, 6.07) is 8.68. The molecule has 0 aromatic heterocycles. The number of aliphatic hydroxyl groups is 3. The summed E-state index contributed by atoms with van der Waals surface area (Å²) in [5, 5.41) is 30.7. The van der Waals surface area contributed by atoms with Gasteiger partial charge in [0.1, 0.15) is 18.5 Å². The van der Waals surface area contributed by atoms with Gasteiger partial charge >= 0.3 is 0 Å². The number of hydrogen-bond donors (Lipinski definition) is 4. The largest absolute Gasteiger partial charge is 0.491 e. The Morgan fingerprint density at radius 3 is 2.53 bits per heavy atom. The molecule has 1 aliphatic rings. The number of ether oxygens (including phenoxy) is 1. The monoisotopic (exact) mass is 445 g/mol. The Labute approximate surface area is 189 Å². The molecule has 0 radical (unpaired) electrons. The summed E-state index contributed by atoms with van der Waals surface area (Å²) in [6.07, 6.45) is 11.0. The van der Waals surface area contributed by atoms with E-state index in [1.165, 1.54) is 0 Å². The quantitative estimate of drug-likeness (QED) is 0.243. The van der Waals surface area contributed by atoms with Crippen molar-refractivity contribution in [3.05, 3.63) is 54.6 Å². The SMILES string of the molecule is O=C(CCCCCC[C@H]1C=CC(=O)[C@@H]1/C=C/[C@@H](O)COc1ccccc1)NC(CO)CO. The molecule has 1 aromatic rings. The zero-order valence-corrected chi connectivity index (χ0v) is 18.4. The molecular weight excluding hydrogens is 410 g/mol. The van der Waals surface area contributed by atoms with Crippen molar-refractivity contribution in [3.63, 3.8) is 0 Å². The van der Waals surface area contributed by atoms with Crippen molar-refractivity contribution in [2.75, 3.05) is 19.8 Å². The Bertz CT molecular complexity index is 744. The third kappa shape index (κ3) is 9.34. The molecule has 0 unspecified atom stereocenters. The van der Waals surface area contributed by atoms with Gasteiger partial charge in [0.25, 0.3) is 0 Å². The van der Waals surface area contributed by atoms with Gasteiger partial charge in [-0.05, 0) is 37.0 Å². The highest BCUT2D eigenvalue weighted by molar-refractivity contribution is 5.95. The van der Waals surface area contributed by atoms with Crippen LogP contribution in [0, 0.1) is 11.8 Å². The summed E-state index contributed by atoms with van der Waals surface area (Å²) in [4.78, 5) is 23.9. The second-order valence-corrected chi connectivity index (χ2v) is 8.11. The van der Waals surface area contributed by atoms with E-state index in [0.29, 0.717) is 12.2 Å². The van der Waals surface area contributed by atoms with Crippen molar-refractivity contribution in [1.82, 2.24) is 5.32 Å². The van der Waals surface area contributed by atoms with Crippen molar-refractivity contribution >= 4 is 11.7 Å². The van der Waals surface area contributed by atoms with Gasteiger partial charge < -0.3 is 25.4 Å². The van der Waals surface area contributed by atoms with Gasteiger partial charge in [0, 0.05) is 12.3 Å². The van der Waals surface area contributed by atoms with Crippen molar-refractivity contribution in [2.45, 2.75) is 50.7 Å². The summed E-state index contributed by atoms with van der Waals surface area (Å²) in [7, 11) is 0. The van der Waals surface area contributed by atoms with E-state index in [2.05, 4.69) is 5.32 Å². The van der Waals surface area contributed by atoms with Crippen LogP contribution in [0.2, 0.25) is 0 Å². The van der Waals surface area contributed by atoms with Crippen molar-refractivity contribution in [1.29, 1.82) is 0 Å². The highest BCUT2D eigenvalue weighted by Crippen LogP contribution is 2.29. The lowest BCUT2D eigenvalue weighted by Crippen LogP contribution is -2.39. The molecule has 3 atom stereocenters. The zero-order valence-electron chi connectivity index (χ0n) is 18.4. The maximum atomic E-state index is 12.2. The topological polar surface area (TPSA) is 116 Å². The molecule has 176 valence electrons. The van der Waals surface area contributed by atoms with Crippen LogP contribution in [0.25, 0.3) is 0 Å². The first kappa shape index (κ1) is 25.8. The molecule has 7 heteroatoms. The minimum Gasteiger partial charge on any atom is -0.491 e. The molecule has 0 aliphatic heterocycles. The maximum absolute atomic E-state index is 12.2. The van der Waals surface area contributed by atoms with E-state index in [4.69, 9.17) is 14.9 Å². The van der Waals surface area contributed by atoms with Gasteiger partial charge in [0.15, 0.2) is 5.78 Å². The number of unbranched alkanes of at least 4 members (excludes halogenated alkanes) is 3. The second kappa shape index (κ2) is 14.6. The number of nitrogens with one attached hydrogen (secondary N) is 1. The molecule has 0 spiro atoms. The van der Waals surface area contributed by atoms with Gasteiger partial charge in [-0.3, -0.25) is 9.59 Å². The maximum Gasteiger partial charge on any atom is 0.220 e. The van der Waals surface area contributed by atoms with Gasteiger partial charge in [0.2, 0.25) is 5.91 Å². The minimum atomic E-state index is -0.785. The molecule has 0 bridgehead atoms. The summed E-state index contributed by atoms with van der Waals surface area (Å²) in [6.45, 7) is -0.421. The standard InChI is InChI=1S/C25H35NO6/c27-16-20(17-28)26-25(31)11-7-2-1-4-8-19-12-15-24(30)23(19)14-13-21(29)18-32-22-9-5-3-6-10-22/h3,5-6,9-10,12-15,19-21,23,27-29H,1-2,4,7-8,11,16-18H2,(H,26,31)/b14-13+/t19-,21+,23+/m0/s1. The van der Waals surface area contributed by atoms with E-state index in [9.17, 15) is 14.7 Å². The molecule has 0 saturated carbocycles. The summed E-state index contributed by atoms with van der Waals surface area (Å²) < 4.78 is 5.53. The van der Waals surface area contributed by atoms with Crippen LogP contribution in [0.5, 0.6) is 5.75 Å². The van der Waals surface area contributed by atoms with Crippen LogP contribution >= 0.6 is 0 Å². The van der Waals surface area contributed by atoms with E-state index in [0.717, 1.165) is 32.1 Å². The van der Waals surface area contributed by atoms with Crippen molar-refractivity contribution in [3.8, 4) is 5.75 Å². The van der Waals surface area contributed by atoms with Gasteiger partial charge in [-0.2, -0.15) is 0 Å². The first-order chi connectivity index (χ1) is 15.5. The second-order valence-electron chi connectivity index (χ2n) is 8.11. The van der Waals surface area contributed by atoms with Crippen LogP contribution in [0.3, 0.4) is 0 Å². The number of carbonyl (C=O) groups excluding carboxylic acids is 2. The number of benzene rings is 1. The number of rotatable bonds is 15. The van der Waals surface area contributed by atoms with E-state index < -0.39 is 12.1 Å². The first-order valence-electron chi connectivity index (χ1n) is 11.3. The number of carbonyl (C=O) groups is 2. The lowest BCUT2D eigenvalue weighted by atomic mass is 9.89. The molecule has 0 saturated heterocycles. The molecule has 1 aliphatic carbocycles. The lowest BCUT2D eigenvalue weighted by Gasteiger charge is -2.16. The highest BCUT2D eigenvalue weighted by atomic mass is 16.5. The third-order valence-electron chi connectivity index (χ3n) is 5.50. The summed E-state index contributed by atoms with van der Waals surface area (Å²) >= 11 is 0. The van der Waals surface area contributed by atoms with Crippen LogP contribution in [0.15, 0.2) is 54.6 Å².